The molecule has 3 atom stereocenters. The van der Waals surface area contributed by atoms with Gasteiger partial charge in [0.2, 0.25) is 11.8 Å². The van der Waals surface area contributed by atoms with Crippen molar-refractivity contribution >= 4 is 11.8 Å². The lowest BCUT2D eigenvalue weighted by Gasteiger charge is -2.41. The molecule has 0 aromatic heterocycles. The molecule has 0 unspecified atom stereocenters. The van der Waals surface area contributed by atoms with E-state index in [-0.39, 0.29) is 29.8 Å². The van der Waals surface area contributed by atoms with Gasteiger partial charge in [0.15, 0.2) is 0 Å². The molecule has 2 fully saturated rings. The summed E-state index contributed by atoms with van der Waals surface area (Å²) in [5.41, 5.74) is 1.15. The van der Waals surface area contributed by atoms with E-state index in [9.17, 15) is 9.59 Å². The molecule has 26 heavy (non-hydrogen) atoms. The summed E-state index contributed by atoms with van der Waals surface area (Å²) >= 11 is 0. The molecule has 0 aliphatic carbocycles. The molecule has 0 saturated carbocycles. The van der Waals surface area contributed by atoms with Crippen molar-refractivity contribution in [1.29, 1.82) is 0 Å². The predicted molar refractivity (Wildman–Crippen MR) is 98.1 cm³/mol. The molecule has 3 rings (SSSR count). The van der Waals surface area contributed by atoms with E-state index in [1.54, 1.807) is 21.1 Å². The Balaban J connectivity index is 1.90. The molecule has 0 N–H and O–H groups in total. The van der Waals surface area contributed by atoms with Gasteiger partial charge in [-0.25, -0.2) is 0 Å². The van der Waals surface area contributed by atoms with Gasteiger partial charge in [-0.05, 0) is 30.5 Å². The van der Waals surface area contributed by atoms with Crippen LogP contribution in [0, 0.1) is 0 Å². The molecular formula is C20H28N2O4. The zero-order valence-corrected chi connectivity index (χ0v) is 15.8. The topological polar surface area (TPSA) is 59.1 Å². The molecule has 6 heteroatoms. The Bertz CT molecular complexity index is 646. The van der Waals surface area contributed by atoms with Crippen LogP contribution in [0.15, 0.2) is 24.3 Å². The minimum atomic E-state index is 0.0427. The second-order valence-corrected chi connectivity index (χ2v) is 7.08. The fraction of sp³-hybridized carbons (Fsp3) is 0.600. The molecule has 2 amide bonds. The number of amides is 2. The number of fused-ring (bicyclic) bond motifs is 1. The van der Waals surface area contributed by atoms with Gasteiger partial charge in [0.25, 0.3) is 0 Å². The van der Waals surface area contributed by atoms with Gasteiger partial charge in [-0.1, -0.05) is 12.1 Å². The zero-order valence-electron chi connectivity index (χ0n) is 15.8. The van der Waals surface area contributed by atoms with Crippen molar-refractivity contribution in [3.05, 3.63) is 29.8 Å². The lowest BCUT2D eigenvalue weighted by atomic mass is 9.86. The Morgan fingerprint density at radius 1 is 1.15 bits per heavy atom. The number of carbonyl (C=O) groups is 2. The molecule has 1 aromatic carbocycles. The van der Waals surface area contributed by atoms with Gasteiger partial charge < -0.3 is 19.3 Å². The Hall–Kier alpha value is -2.08. The van der Waals surface area contributed by atoms with Gasteiger partial charge >= 0.3 is 0 Å². The highest BCUT2D eigenvalue weighted by atomic mass is 16.5. The third-order valence-electron chi connectivity index (χ3n) is 5.65. The molecule has 0 bridgehead atoms. The van der Waals surface area contributed by atoms with Crippen LogP contribution in [-0.2, 0) is 14.3 Å². The van der Waals surface area contributed by atoms with Crippen molar-refractivity contribution in [2.45, 2.75) is 44.2 Å². The van der Waals surface area contributed by atoms with Gasteiger partial charge in [-0.2, -0.15) is 0 Å². The third kappa shape index (κ3) is 3.56. The first-order valence-electron chi connectivity index (χ1n) is 9.26. The quantitative estimate of drug-likeness (QED) is 0.806. The van der Waals surface area contributed by atoms with Crippen LogP contribution in [0.3, 0.4) is 0 Å². The average Bonchev–Trinajstić information content (AvgIpc) is 3.05. The van der Waals surface area contributed by atoms with Crippen LogP contribution in [-0.4, -0.2) is 67.6 Å². The highest BCUT2D eigenvalue weighted by Crippen LogP contribution is 2.40. The van der Waals surface area contributed by atoms with Crippen molar-refractivity contribution < 1.29 is 19.1 Å². The molecule has 1 aromatic rings. The summed E-state index contributed by atoms with van der Waals surface area (Å²) in [7, 11) is 3.26. The minimum Gasteiger partial charge on any atom is -0.497 e. The Morgan fingerprint density at radius 3 is 2.50 bits per heavy atom. The third-order valence-corrected chi connectivity index (χ3v) is 5.65. The molecule has 2 saturated heterocycles. The smallest absolute Gasteiger partial charge is 0.225 e. The summed E-state index contributed by atoms with van der Waals surface area (Å²) < 4.78 is 10.3. The lowest BCUT2D eigenvalue weighted by molar-refractivity contribution is -0.138. The van der Waals surface area contributed by atoms with Gasteiger partial charge in [-0.15, -0.1) is 0 Å². The van der Waals surface area contributed by atoms with Crippen molar-refractivity contribution in [3.63, 3.8) is 0 Å². The van der Waals surface area contributed by atoms with E-state index in [2.05, 4.69) is 12.1 Å². The fourth-order valence-corrected chi connectivity index (χ4v) is 4.42. The predicted octanol–water partition coefficient (Wildman–Crippen LogP) is 2.04. The summed E-state index contributed by atoms with van der Waals surface area (Å²) in [6, 6.07) is 8.12. The summed E-state index contributed by atoms with van der Waals surface area (Å²) in [5, 5.41) is 0. The van der Waals surface area contributed by atoms with Crippen molar-refractivity contribution in [2.24, 2.45) is 0 Å². The molecule has 142 valence electrons. The monoisotopic (exact) mass is 360 g/mol. The molecule has 0 spiro atoms. The number of hydrogen-bond acceptors (Lipinski definition) is 4. The SMILES string of the molecule is COCCC(=O)N1C[C@H](c2ccc(OC)cc2)[C@@H]2[C@H]1CCCN2C(C)=O. The van der Waals surface area contributed by atoms with Crippen LogP contribution in [0.25, 0.3) is 0 Å². The summed E-state index contributed by atoms with van der Waals surface area (Å²) in [6.45, 7) is 3.47. The zero-order chi connectivity index (χ0) is 18.7. The minimum absolute atomic E-state index is 0.0427. The van der Waals surface area contributed by atoms with Gasteiger partial charge in [0.1, 0.15) is 5.75 Å². The standard InChI is InChI=1S/C20H28N2O4/c1-14(23)21-11-4-5-18-20(21)17(13-22(18)19(24)10-12-25-2)15-6-8-16(26-3)9-7-15/h6-9,17-18,20H,4-5,10-13H2,1-3H3/t17-,18-,20-/m1/s1. The number of likely N-dealkylation sites (tertiary alicyclic amines) is 2. The van der Waals surface area contributed by atoms with Crippen LogP contribution < -0.4 is 4.74 Å². The van der Waals surface area contributed by atoms with Crippen LogP contribution in [0.1, 0.15) is 37.7 Å². The largest absolute Gasteiger partial charge is 0.497 e. The number of piperidine rings is 1. The van der Waals surface area contributed by atoms with Crippen LogP contribution in [0.4, 0.5) is 0 Å². The number of carbonyl (C=O) groups excluding carboxylic acids is 2. The number of ether oxygens (including phenoxy) is 2. The van der Waals surface area contributed by atoms with E-state index < -0.39 is 0 Å². The molecular weight excluding hydrogens is 332 g/mol. The summed E-state index contributed by atoms with van der Waals surface area (Å²) in [5.74, 6) is 1.14. The van der Waals surface area contributed by atoms with E-state index in [4.69, 9.17) is 9.47 Å². The van der Waals surface area contributed by atoms with Gasteiger partial charge in [0.05, 0.1) is 32.2 Å². The first kappa shape index (κ1) is 18.7. The summed E-state index contributed by atoms with van der Waals surface area (Å²) in [4.78, 5) is 28.9. The maximum atomic E-state index is 12.7. The first-order chi connectivity index (χ1) is 12.6. The highest BCUT2D eigenvalue weighted by molar-refractivity contribution is 5.78. The normalized spacial score (nSPS) is 25.1. The van der Waals surface area contributed by atoms with E-state index in [0.29, 0.717) is 19.6 Å². The fourth-order valence-electron chi connectivity index (χ4n) is 4.42. The van der Waals surface area contributed by atoms with Gasteiger partial charge in [-0.3, -0.25) is 9.59 Å². The Labute approximate surface area is 155 Å². The average molecular weight is 360 g/mol. The lowest BCUT2D eigenvalue weighted by Crippen LogP contribution is -2.53. The second kappa shape index (κ2) is 8.08. The van der Waals surface area contributed by atoms with E-state index in [1.807, 2.05) is 21.9 Å². The maximum absolute atomic E-state index is 12.7. The molecule has 2 aliphatic heterocycles. The molecule has 0 radical (unpaired) electrons. The van der Waals surface area contributed by atoms with Crippen LogP contribution in [0.5, 0.6) is 5.75 Å². The van der Waals surface area contributed by atoms with E-state index >= 15 is 0 Å². The van der Waals surface area contributed by atoms with E-state index in [0.717, 1.165) is 30.7 Å². The van der Waals surface area contributed by atoms with Crippen LogP contribution >= 0.6 is 0 Å². The first-order valence-corrected chi connectivity index (χ1v) is 9.26. The van der Waals surface area contributed by atoms with Crippen molar-refractivity contribution in [1.82, 2.24) is 9.80 Å². The van der Waals surface area contributed by atoms with Crippen LogP contribution in [0.2, 0.25) is 0 Å². The Kier molecular flexibility index (Phi) is 5.81. The van der Waals surface area contributed by atoms with Crippen molar-refractivity contribution in [2.75, 3.05) is 33.9 Å². The number of hydrogen-bond donors (Lipinski definition) is 0. The Morgan fingerprint density at radius 2 is 1.88 bits per heavy atom. The number of rotatable bonds is 5. The number of methoxy groups -OCH3 is 2. The second-order valence-electron chi connectivity index (χ2n) is 7.08. The molecule has 2 aliphatic rings. The maximum Gasteiger partial charge on any atom is 0.225 e. The molecule has 6 nitrogen and oxygen atoms in total. The molecule has 2 heterocycles. The summed E-state index contributed by atoms with van der Waals surface area (Å²) in [6.07, 6.45) is 2.26. The number of benzene rings is 1. The number of nitrogens with zero attached hydrogens (tertiary/aromatic N) is 2. The van der Waals surface area contributed by atoms with Crippen molar-refractivity contribution in [3.8, 4) is 5.75 Å². The highest BCUT2D eigenvalue weighted by Gasteiger charge is 2.49. The van der Waals surface area contributed by atoms with Gasteiger partial charge in [0, 0.05) is 33.0 Å². The van der Waals surface area contributed by atoms with E-state index in [1.165, 1.54) is 0 Å².